The lowest BCUT2D eigenvalue weighted by Crippen LogP contribution is -2.25. The number of benzene rings is 2. The van der Waals surface area contributed by atoms with Gasteiger partial charge in [0.15, 0.2) is 5.16 Å². The molecule has 1 amide bonds. The van der Waals surface area contributed by atoms with E-state index in [-0.39, 0.29) is 5.91 Å². The molecule has 4 rings (SSSR count). The first-order valence-corrected chi connectivity index (χ1v) is 12.0. The summed E-state index contributed by atoms with van der Waals surface area (Å²) in [7, 11) is 1.66. The van der Waals surface area contributed by atoms with Crippen molar-refractivity contribution in [3.8, 4) is 0 Å². The van der Waals surface area contributed by atoms with Crippen LogP contribution in [-0.2, 0) is 17.0 Å². The van der Waals surface area contributed by atoms with E-state index in [1.807, 2.05) is 36.5 Å². The van der Waals surface area contributed by atoms with Gasteiger partial charge in [-0.05, 0) is 42.7 Å². The lowest BCUT2D eigenvalue weighted by Gasteiger charge is -2.10. The first-order chi connectivity index (χ1) is 16.1. The number of nitrogens with one attached hydrogen (secondary N) is 1. The monoisotopic (exact) mass is 460 g/mol. The highest BCUT2D eigenvalue weighted by Gasteiger charge is 2.13. The molecule has 33 heavy (non-hydrogen) atoms. The first-order valence-electron chi connectivity index (χ1n) is 11.0. The molecule has 2 aromatic carbocycles. The molecule has 0 radical (unpaired) electrons. The van der Waals surface area contributed by atoms with Crippen molar-refractivity contribution >= 4 is 28.7 Å². The van der Waals surface area contributed by atoms with Crippen molar-refractivity contribution in [2.45, 2.75) is 30.8 Å². The molecule has 7 heteroatoms. The van der Waals surface area contributed by atoms with E-state index in [1.54, 1.807) is 25.1 Å². The molecule has 6 nitrogen and oxygen atoms in total. The third-order valence-corrected chi connectivity index (χ3v) is 6.38. The van der Waals surface area contributed by atoms with Gasteiger partial charge in [0.25, 0.3) is 5.91 Å². The molecule has 0 bridgehead atoms. The summed E-state index contributed by atoms with van der Waals surface area (Å²) in [5.41, 5.74) is 6.26. The SMILES string of the molecule is COCCCNC(=O)c1ccc(CSc2nc3ccncc3n2Cc2cccc(C)c2)cc1. The maximum atomic E-state index is 12.3. The zero-order valence-corrected chi connectivity index (χ0v) is 19.8. The van der Waals surface area contributed by atoms with Crippen LogP contribution in [0.4, 0.5) is 0 Å². The van der Waals surface area contributed by atoms with Crippen LogP contribution in [-0.4, -0.2) is 40.7 Å². The third kappa shape index (κ3) is 6.00. The number of fused-ring (bicyclic) bond motifs is 1. The lowest BCUT2D eigenvalue weighted by atomic mass is 10.1. The van der Waals surface area contributed by atoms with Gasteiger partial charge in [0.2, 0.25) is 0 Å². The summed E-state index contributed by atoms with van der Waals surface area (Å²) in [4.78, 5) is 21.4. The van der Waals surface area contributed by atoms with Gasteiger partial charge < -0.3 is 14.6 Å². The Morgan fingerprint density at radius 3 is 2.76 bits per heavy atom. The Balaban J connectivity index is 1.45. The summed E-state index contributed by atoms with van der Waals surface area (Å²) in [6, 6.07) is 18.3. The highest BCUT2D eigenvalue weighted by molar-refractivity contribution is 7.98. The van der Waals surface area contributed by atoms with Crippen LogP contribution < -0.4 is 5.32 Å². The lowest BCUT2D eigenvalue weighted by molar-refractivity contribution is 0.0948. The van der Waals surface area contributed by atoms with E-state index in [2.05, 4.69) is 46.1 Å². The largest absolute Gasteiger partial charge is 0.385 e. The van der Waals surface area contributed by atoms with Crippen LogP contribution in [0.5, 0.6) is 0 Å². The van der Waals surface area contributed by atoms with Gasteiger partial charge >= 0.3 is 0 Å². The highest BCUT2D eigenvalue weighted by Crippen LogP contribution is 2.27. The average Bonchev–Trinajstić information content (AvgIpc) is 3.18. The Morgan fingerprint density at radius 2 is 1.97 bits per heavy atom. The maximum absolute atomic E-state index is 12.3. The van der Waals surface area contributed by atoms with E-state index >= 15 is 0 Å². The third-order valence-electron chi connectivity index (χ3n) is 5.33. The van der Waals surface area contributed by atoms with Gasteiger partial charge in [-0.15, -0.1) is 0 Å². The molecule has 2 heterocycles. The molecule has 0 saturated carbocycles. The van der Waals surface area contributed by atoms with E-state index in [1.165, 1.54) is 11.1 Å². The van der Waals surface area contributed by atoms with Crippen LogP contribution in [0.3, 0.4) is 0 Å². The molecule has 0 fully saturated rings. The quantitative estimate of drug-likeness (QED) is 0.271. The molecule has 0 aliphatic carbocycles. The number of hydrogen-bond acceptors (Lipinski definition) is 5. The van der Waals surface area contributed by atoms with Crippen LogP contribution in [0, 0.1) is 6.92 Å². The Kier molecular flexibility index (Phi) is 7.75. The van der Waals surface area contributed by atoms with Crippen LogP contribution in [0.2, 0.25) is 0 Å². The van der Waals surface area contributed by atoms with Crippen molar-refractivity contribution in [3.05, 3.63) is 89.2 Å². The van der Waals surface area contributed by atoms with Crippen LogP contribution in [0.15, 0.2) is 72.1 Å². The minimum Gasteiger partial charge on any atom is -0.385 e. The summed E-state index contributed by atoms with van der Waals surface area (Å²) in [6.45, 7) is 4.10. The predicted molar refractivity (Wildman–Crippen MR) is 133 cm³/mol. The number of methoxy groups -OCH3 is 1. The molecule has 1 N–H and O–H groups in total. The zero-order valence-electron chi connectivity index (χ0n) is 19.0. The van der Waals surface area contributed by atoms with E-state index in [9.17, 15) is 4.79 Å². The number of aromatic nitrogens is 3. The van der Waals surface area contributed by atoms with Gasteiger partial charge in [-0.25, -0.2) is 4.98 Å². The summed E-state index contributed by atoms with van der Waals surface area (Å²) < 4.78 is 7.24. The fourth-order valence-corrected chi connectivity index (χ4v) is 4.59. The van der Waals surface area contributed by atoms with Crippen LogP contribution >= 0.6 is 11.8 Å². The van der Waals surface area contributed by atoms with Crippen LogP contribution in [0.25, 0.3) is 11.0 Å². The molecule has 0 unspecified atom stereocenters. The van der Waals surface area contributed by atoms with E-state index in [0.717, 1.165) is 40.5 Å². The van der Waals surface area contributed by atoms with Gasteiger partial charge in [-0.2, -0.15) is 0 Å². The average molecular weight is 461 g/mol. The molecule has 0 spiro atoms. The van der Waals surface area contributed by atoms with Gasteiger partial charge in [0.05, 0.1) is 23.8 Å². The molecule has 0 aliphatic heterocycles. The van der Waals surface area contributed by atoms with Gasteiger partial charge in [-0.1, -0.05) is 53.7 Å². The number of pyridine rings is 1. The summed E-state index contributed by atoms with van der Waals surface area (Å²) in [5.74, 6) is 0.707. The number of amides is 1. The molecule has 4 aromatic rings. The van der Waals surface area contributed by atoms with Crippen molar-refractivity contribution in [1.29, 1.82) is 0 Å². The Bertz CT molecular complexity index is 1220. The predicted octanol–water partition coefficient (Wildman–Crippen LogP) is 4.85. The van der Waals surface area contributed by atoms with Crippen LogP contribution in [0.1, 0.15) is 33.5 Å². The Hall–Kier alpha value is -3.16. The maximum Gasteiger partial charge on any atom is 0.251 e. The number of thioether (sulfide) groups is 1. The van der Waals surface area contributed by atoms with Crippen molar-refractivity contribution in [1.82, 2.24) is 19.9 Å². The number of carbonyl (C=O) groups is 1. The Morgan fingerprint density at radius 1 is 1.12 bits per heavy atom. The second-order valence-corrected chi connectivity index (χ2v) is 8.86. The molecule has 0 aliphatic rings. The molecular weight excluding hydrogens is 432 g/mol. The van der Waals surface area contributed by atoms with Crippen molar-refractivity contribution in [2.24, 2.45) is 0 Å². The minimum absolute atomic E-state index is 0.0576. The minimum atomic E-state index is -0.0576. The smallest absolute Gasteiger partial charge is 0.251 e. The number of imidazole rings is 1. The molecule has 0 atom stereocenters. The van der Waals surface area contributed by atoms with Gasteiger partial charge in [-0.3, -0.25) is 9.78 Å². The number of hydrogen-bond donors (Lipinski definition) is 1. The molecule has 2 aromatic heterocycles. The number of aryl methyl sites for hydroxylation is 1. The summed E-state index contributed by atoms with van der Waals surface area (Å²) in [6.07, 6.45) is 4.46. The summed E-state index contributed by atoms with van der Waals surface area (Å²) >= 11 is 1.69. The number of ether oxygens (including phenoxy) is 1. The zero-order chi connectivity index (χ0) is 23.0. The fourth-order valence-electron chi connectivity index (χ4n) is 3.62. The van der Waals surface area contributed by atoms with Crippen molar-refractivity contribution < 1.29 is 9.53 Å². The van der Waals surface area contributed by atoms with Gasteiger partial charge in [0, 0.05) is 37.8 Å². The molecule has 170 valence electrons. The standard InChI is InChI=1S/C26H28N4O2S/c1-19-5-3-6-21(15-19)17-30-24-16-27-13-11-23(24)29-26(30)33-18-20-7-9-22(10-8-20)25(31)28-12-4-14-32-2/h3,5-11,13,15-16H,4,12,14,17-18H2,1-2H3,(H,28,31). The number of nitrogens with zero attached hydrogens (tertiary/aromatic N) is 3. The first kappa shape index (κ1) is 23.0. The van der Waals surface area contributed by atoms with E-state index in [0.29, 0.717) is 18.7 Å². The number of rotatable bonds is 10. The van der Waals surface area contributed by atoms with E-state index in [4.69, 9.17) is 9.72 Å². The Labute approximate surface area is 198 Å². The summed E-state index contributed by atoms with van der Waals surface area (Å²) in [5, 5.41) is 3.87. The second kappa shape index (κ2) is 11.1. The molecule has 0 saturated heterocycles. The number of carbonyl (C=O) groups excluding carboxylic acids is 1. The normalized spacial score (nSPS) is 11.1. The van der Waals surface area contributed by atoms with E-state index < -0.39 is 0 Å². The molecular formula is C26H28N4O2S. The van der Waals surface area contributed by atoms with Crippen molar-refractivity contribution in [3.63, 3.8) is 0 Å². The topological polar surface area (TPSA) is 69.0 Å². The fraction of sp³-hybridized carbons (Fsp3) is 0.269. The highest BCUT2D eigenvalue weighted by atomic mass is 32.2. The van der Waals surface area contributed by atoms with Gasteiger partial charge in [0.1, 0.15) is 0 Å². The second-order valence-electron chi connectivity index (χ2n) is 7.92. The van der Waals surface area contributed by atoms with Crippen molar-refractivity contribution in [2.75, 3.05) is 20.3 Å².